The molecule has 0 unspecified atom stereocenters. The predicted molar refractivity (Wildman–Crippen MR) is 78.6 cm³/mol. The zero-order valence-corrected chi connectivity index (χ0v) is 12.0. The van der Waals surface area contributed by atoms with Gasteiger partial charge < -0.3 is 15.2 Å². The first kappa shape index (κ1) is 14.0. The van der Waals surface area contributed by atoms with Gasteiger partial charge in [-0.15, -0.1) is 0 Å². The number of piperidine rings is 1. The van der Waals surface area contributed by atoms with E-state index in [2.05, 4.69) is 15.3 Å². The maximum absolute atomic E-state index is 13.6. The number of aromatic nitrogens is 2. The maximum Gasteiger partial charge on any atom is 0.256 e. The summed E-state index contributed by atoms with van der Waals surface area (Å²) in [5, 5.41) is 3.17. The van der Waals surface area contributed by atoms with Crippen molar-refractivity contribution in [3.8, 4) is 0 Å². The number of halogens is 1. The van der Waals surface area contributed by atoms with Crippen LogP contribution in [0.2, 0.25) is 0 Å². The van der Waals surface area contributed by atoms with E-state index in [1.165, 1.54) is 18.5 Å². The number of benzene rings is 1. The van der Waals surface area contributed by atoms with Crippen LogP contribution >= 0.6 is 0 Å². The van der Waals surface area contributed by atoms with Crippen molar-refractivity contribution in [1.82, 2.24) is 20.2 Å². The quantitative estimate of drug-likeness (QED) is 0.905. The number of hydrogen-bond acceptors (Lipinski definition) is 3. The van der Waals surface area contributed by atoms with Crippen LogP contribution in [0.4, 0.5) is 4.39 Å². The van der Waals surface area contributed by atoms with Crippen molar-refractivity contribution in [3.05, 3.63) is 29.8 Å². The van der Waals surface area contributed by atoms with Gasteiger partial charge in [-0.05, 0) is 44.5 Å². The van der Waals surface area contributed by atoms with Crippen LogP contribution in [0.3, 0.4) is 0 Å². The van der Waals surface area contributed by atoms with Gasteiger partial charge in [0, 0.05) is 13.1 Å². The van der Waals surface area contributed by atoms with Crippen LogP contribution in [0.15, 0.2) is 18.5 Å². The van der Waals surface area contributed by atoms with Crippen molar-refractivity contribution in [3.63, 3.8) is 0 Å². The largest absolute Gasteiger partial charge is 0.344 e. The van der Waals surface area contributed by atoms with Crippen LogP contribution in [0.1, 0.15) is 23.2 Å². The van der Waals surface area contributed by atoms with E-state index in [4.69, 9.17) is 0 Å². The summed E-state index contributed by atoms with van der Waals surface area (Å²) in [6.07, 6.45) is 3.44. The summed E-state index contributed by atoms with van der Waals surface area (Å²) in [4.78, 5) is 21.4. The standard InChI is InChI=1S/C15H19FN4O/c1-17-8-10-2-4-20(5-3-10)15(21)12-6-11(16)7-13-14(12)19-9-18-13/h6-7,9-10,17H,2-5,8H2,1H3,(H,18,19). The molecule has 1 aliphatic heterocycles. The highest BCUT2D eigenvalue weighted by Crippen LogP contribution is 2.22. The minimum absolute atomic E-state index is 0.130. The monoisotopic (exact) mass is 290 g/mol. The van der Waals surface area contributed by atoms with E-state index in [-0.39, 0.29) is 5.91 Å². The Balaban J connectivity index is 1.80. The van der Waals surface area contributed by atoms with Crippen LogP contribution in [0.25, 0.3) is 11.0 Å². The molecular weight excluding hydrogens is 271 g/mol. The van der Waals surface area contributed by atoms with E-state index >= 15 is 0 Å². The zero-order chi connectivity index (χ0) is 14.8. The predicted octanol–water partition coefficient (Wildman–Crippen LogP) is 1.77. The molecule has 0 spiro atoms. The number of nitrogens with zero attached hydrogens (tertiary/aromatic N) is 2. The lowest BCUT2D eigenvalue weighted by Crippen LogP contribution is -2.40. The maximum atomic E-state index is 13.6. The average molecular weight is 290 g/mol. The highest BCUT2D eigenvalue weighted by molar-refractivity contribution is 6.04. The second kappa shape index (κ2) is 5.81. The summed E-state index contributed by atoms with van der Waals surface area (Å²) in [5.41, 5.74) is 1.44. The number of aromatic amines is 1. The molecule has 21 heavy (non-hydrogen) atoms. The first-order valence-corrected chi connectivity index (χ1v) is 7.25. The van der Waals surface area contributed by atoms with Gasteiger partial charge in [-0.1, -0.05) is 0 Å². The van der Waals surface area contributed by atoms with Crippen molar-refractivity contribution in [2.24, 2.45) is 5.92 Å². The lowest BCUT2D eigenvalue weighted by molar-refractivity contribution is 0.0692. The highest BCUT2D eigenvalue weighted by atomic mass is 19.1. The Bertz CT molecular complexity index is 646. The van der Waals surface area contributed by atoms with Gasteiger partial charge in [0.05, 0.1) is 17.4 Å². The summed E-state index contributed by atoms with van der Waals surface area (Å²) >= 11 is 0. The smallest absolute Gasteiger partial charge is 0.256 e. The van der Waals surface area contributed by atoms with Gasteiger partial charge in [0.15, 0.2) is 0 Å². The number of hydrogen-bond donors (Lipinski definition) is 2. The molecule has 1 saturated heterocycles. The molecule has 3 rings (SSSR count). The summed E-state index contributed by atoms with van der Waals surface area (Å²) < 4.78 is 13.6. The number of imidazole rings is 1. The molecule has 0 radical (unpaired) electrons. The second-order valence-electron chi connectivity index (χ2n) is 5.55. The van der Waals surface area contributed by atoms with Crippen LogP contribution < -0.4 is 5.32 Å². The molecule has 2 aromatic rings. The Morgan fingerprint density at radius 1 is 1.48 bits per heavy atom. The molecular formula is C15H19FN4O. The fraction of sp³-hybridized carbons (Fsp3) is 0.467. The zero-order valence-electron chi connectivity index (χ0n) is 12.0. The van der Waals surface area contributed by atoms with Gasteiger partial charge in [-0.2, -0.15) is 0 Å². The molecule has 1 aliphatic rings. The molecule has 2 heterocycles. The third kappa shape index (κ3) is 2.76. The number of fused-ring (bicyclic) bond motifs is 1. The minimum atomic E-state index is -0.417. The van der Waals surface area contributed by atoms with Gasteiger partial charge in [0.25, 0.3) is 5.91 Å². The molecule has 112 valence electrons. The average Bonchev–Trinajstić information content (AvgIpc) is 2.95. The lowest BCUT2D eigenvalue weighted by atomic mass is 9.96. The molecule has 0 bridgehead atoms. The van der Waals surface area contributed by atoms with Gasteiger partial charge in [-0.25, -0.2) is 9.37 Å². The van der Waals surface area contributed by atoms with Gasteiger partial charge in [0.2, 0.25) is 0 Å². The number of rotatable bonds is 3. The normalized spacial score (nSPS) is 16.6. The molecule has 5 nitrogen and oxygen atoms in total. The molecule has 2 N–H and O–H groups in total. The van der Waals surface area contributed by atoms with E-state index < -0.39 is 5.82 Å². The molecule has 1 amide bonds. The van der Waals surface area contributed by atoms with E-state index in [0.29, 0.717) is 35.6 Å². The second-order valence-corrected chi connectivity index (χ2v) is 5.55. The lowest BCUT2D eigenvalue weighted by Gasteiger charge is -2.32. The molecule has 6 heteroatoms. The number of carbonyl (C=O) groups is 1. The highest BCUT2D eigenvalue weighted by Gasteiger charge is 2.25. The van der Waals surface area contributed by atoms with Crippen molar-refractivity contribution in [1.29, 1.82) is 0 Å². The molecule has 0 aliphatic carbocycles. The van der Waals surface area contributed by atoms with Crippen LogP contribution in [-0.4, -0.2) is 47.5 Å². The van der Waals surface area contributed by atoms with Gasteiger partial charge in [-0.3, -0.25) is 4.79 Å². The van der Waals surface area contributed by atoms with Gasteiger partial charge in [0.1, 0.15) is 11.3 Å². The minimum Gasteiger partial charge on any atom is -0.344 e. The summed E-state index contributed by atoms with van der Waals surface area (Å²) in [7, 11) is 1.94. The van der Waals surface area contributed by atoms with Crippen LogP contribution in [0, 0.1) is 11.7 Å². The number of carbonyl (C=O) groups excluding carboxylic acids is 1. The number of H-pyrrole nitrogens is 1. The van der Waals surface area contributed by atoms with E-state index in [1.807, 2.05) is 7.05 Å². The molecule has 1 fully saturated rings. The summed E-state index contributed by atoms with van der Waals surface area (Å²) in [6, 6.07) is 2.64. The van der Waals surface area contributed by atoms with E-state index in [9.17, 15) is 9.18 Å². The Kier molecular flexibility index (Phi) is 3.88. The Labute approximate surface area is 122 Å². The van der Waals surface area contributed by atoms with Crippen LogP contribution in [0.5, 0.6) is 0 Å². The number of nitrogens with one attached hydrogen (secondary N) is 2. The Hall–Kier alpha value is -1.95. The van der Waals surface area contributed by atoms with Gasteiger partial charge >= 0.3 is 0 Å². The first-order valence-electron chi connectivity index (χ1n) is 7.25. The Morgan fingerprint density at radius 3 is 2.95 bits per heavy atom. The molecule has 0 atom stereocenters. The number of amides is 1. The van der Waals surface area contributed by atoms with Crippen molar-refractivity contribution < 1.29 is 9.18 Å². The summed E-state index contributed by atoms with van der Waals surface area (Å²) in [5.74, 6) is 0.0617. The van der Waals surface area contributed by atoms with Crippen LogP contribution in [-0.2, 0) is 0 Å². The first-order chi connectivity index (χ1) is 10.2. The fourth-order valence-electron chi connectivity index (χ4n) is 2.98. The number of likely N-dealkylation sites (tertiary alicyclic amines) is 1. The fourth-order valence-corrected chi connectivity index (χ4v) is 2.98. The third-order valence-corrected chi connectivity index (χ3v) is 4.11. The molecule has 1 aromatic carbocycles. The van der Waals surface area contributed by atoms with Crippen molar-refractivity contribution in [2.45, 2.75) is 12.8 Å². The van der Waals surface area contributed by atoms with Crippen molar-refractivity contribution >= 4 is 16.9 Å². The summed E-state index contributed by atoms with van der Waals surface area (Å²) in [6.45, 7) is 2.41. The van der Waals surface area contributed by atoms with E-state index in [1.54, 1.807) is 4.90 Å². The Morgan fingerprint density at radius 2 is 2.24 bits per heavy atom. The molecule has 0 saturated carbocycles. The molecule has 1 aromatic heterocycles. The van der Waals surface area contributed by atoms with E-state index in [0.717, 1.165) is 19.4 Å². The van der Waals surface area contributed by atoms with Crippen molar-refractivity contribution in [2.75, 3.05) is 26.7 Å². The third-order valence-electron chi connectivity index (χ3n) is 4.11. The topological polar surface area (TPSA) is 61.0 Å². The SMILES string of the molecule is CNCC1CCN(C(=O)c2cc(F)cc3[nH]cnc23)CC1.